The van der Waals surface area contributed by atoms with Gasteiger partial charge in [0.2, 0.25) is 0 Å². The molecule has 2 fully saturated rings. The first-order valence-electron chi connectivity index (χ1n) is 18.1. The lowest BCUT2D eigenvalue weighted by molar-refractivity contribution is 0.0426. The molecule has 1 nitrogen and oxygen atoms in total. The van der Waals surface area contributed by atoms with Crippen LogP contribution >= 0.6 is 0 Å². The molecule has 0 saturated heterocycles. The molecule has 1 aromatic heterocycles. The molecule has 3 aliphatic carbocycles. The van der Waals surface area contributed by atoms with Gasteiger partial charge in [-0.3, -0.25) is 0 Å². The molecule has 0 aliphatic heterocycles. The van der Waals surface area contributed by atoms with Crippen LogP contribution in [0.4, 0.5) is 0 Å². The fourth-order valence-electron chi connectivity index (χ4n) is 10.9. The number of para-hydroxylation sites is 1. The molecule has 2 heteroatoms. The lowest BCUT2D eigenvalue weighted by Gasteiger charge is -2.54. The van der Waals surface area contributed by atoms with Gasteiger partial charge in [0.05, 0.1) is 0 Å². The van der Waals surface area contributed by atoms with Crippen molar-refractivity contribution in [2.75, 3.05) is 0 Å². The van der Waals surface area contributed by atoms with E-state index in [1.165, 1.54) is 91.6 Å². The van der Waals surface area contributed by atoms with Crippen molar-refractivity contribution in [2.24, 2.45) is 23.7 Å². The molecule has 6 aromatic carbocycles. The van der Waals surface area contributed by atoms with E-state index < -0.39 is 0 Å². The number of fused-ring (bicyclic) bond motifs is 12. The Morgan fingerprint density at radius 2 is 1.38 bits per heavy atom. The SMILES string of the molecule is Bc1ccc2cc(-c3cc(C)c4c(c3)C3(c5ccc(-c6ccc7oc8ccccc8c7c6)cc5-4)C(C)CC4CC(C)CC3C4)ccc2c1. The molecular formula is C46H41BO. The Bertz CT molecular complexity index is 2440. The first-order valence-corrected chi connectivity index (χ1v) is 18.1. The molecule has 2 saturated carbocycles. The minimum absolute atomic E-state index is 0.0494. The van der Waals surface area contributed by atoms with E-state index in [9.17, 15) is 0 Å². The predicted octanol–water partition coefficient (Wildman–Crippen LogP) is 11.0. The van der Waals surface area contributed by atoms with Gasteiger partial charge in [0.1, 0.15) is 19.0 Å². The summed E-state index contributed by atoms with van der Waals surface area (Å²) in [5.74, 6) is 2.91. The summed E-state index contributed by atoms with van der Waals surface area (Å²) in [5.41, 5.74) is 16.0. The van der Waals surface area contributed by atoms with Gasteiger partial charge in [-0.2, -0.15) is 0 Å². The summed E-state index contributed by atoms with van der Waals surface area (Å²) in [7, 11) is 2.18. The van der Waals surface area contributed by atoms with Crippen molar-refractivity contribution in [3.8, 4) is 33.4 Å². The van der Waals surface area contributed by atoms with Gasteiger partial charge in [-0.25, -0.2) is 0 Å². The van der Waals surface area contributed by atoms with Gasteiger partial charge in [-0.05, 0) is 154 Å². The van der Waals surface area contributed by atoms with E-state index in [1.54, 1.807) is 11.1 Å². The minimum atomic E-state index is 0.0494. The zero-order valence-electron chi connectivity index (χ0n) is 28.4. The lowest BCUT2D eigenvalue weighted by Crippen LogP contribution is -2.49. The van der Waals surface area contributed by atoms with Crippen LogP contribution in [0.1, 0.15) is 56.2 Å². The molecule has 2 bridgehead atoms. The summed E-state index contributed by atoms with van der Waals surface area (Å²) in [6, 6.07) is 41.6. The molecule has 234 valence electrons. The average Bonchev–Trinajstić information content (AvgIpc) is 3.60. The van der Waals surface area contributed by atoms with E-state index in [0.717, 1.165) is 23.0 Å². The summed E-state index contributed by atoms with van der Waals surface area (Å²) in [5, 5.41) is 5.01. The second-order valence-corrected chi connectivity index (χ2v) is 15.7. The normalized spacial score (nSPS) is 24.4. The predicted molar refractivity (Wildman–Crippen MR) is 205 cm³/mol. The Labute approximate surface area is 284 Å². The van der Waals surface area contributed by atoms with Crippen molar-refractivity contribution in [1.29, 1.82) is 0 Å². The van der Waals surface area contributed by atoms with Crippen molar-refractivity contribution in [1.82, 2.24) is 0 Å². The molecule has 0 amide bonds. The Morgan fingerprint density at radius 1 is 0.625 bits per heavy atom. The van der Waals surface area contributed by atoms with Crippen LogP contribution in [-0.4, -0.2) is 7.85 Å². The molecule has 10 rings (SSSR count). The van der Waals surface area contributed by atoms with E-state index in [4.69, 9.17) is 4.42 Å². The van der Waals surface area contributed by atoms with E-state index in [2.05, 4.69) is 138 Å². The fourth-order valence-corrected chi connectivity index (χ4v) is 10.9. The molecule has 1 heterocycles. The summed E-state index contributed by atoms with van der Waals surface area (Å²) < 4.78 is 6.19. The van der Waals surface area contributed by atoms with Crippen molar-refractivity contribution in [2.45, 2.75) is 51.9 Å². The van der Waals surface area contributed by atoms with Crippen LogP contribution in [0.15, 0.2) is 114 Å². The largest absolute Gasteiger partial charge is 0.456 e. The van der Waals surface area contributed by atoms with Gasteiger partial charge >= 0.3 is 0 Å². The van der Waals surface area contributed by atoms with E-state index >= 15 is 0 Å². The number of furan rings is 1. The summed E-state index contributed by atoms with van der Waals surface area (Å²) in [6.45, 7) is 7.46. The van der Waals surface area contributed by atoms with Crippen LogP contribution in [0.25, 0.3) is 66.1 Å². The van der Waals surface area contributed by atoms with Crippen LogP contribution < -0.4 is 5.46 Å². The Morgan fingerprint density at radius 3 is 2.29 bits per heavy atom. The average molecular weight is 621 g/mol. The van der Waals surface area contributed by atoms with Crippen LogP contribution in [0.5, 0.6) is 0 Å². The molecular weight excluding hydrogens is 579 g/mol. The van der Waals surface area contributed by atoms with Crippen LogP contribution in [0.2, 0.25) is 0 Å². The monoisotopic (exact) mass is 620 g/mol. The molecule has 5 atom stereocenters. The van der Waals surface area contributed by atoms with E-state index in [-0.39, 0.29) is 5.41 Å². The van der Waals surface area contributed by atoms with E-state index in [1.807, 2.05) is 0 Å². The molecule has 0 N–H and O–H groups in total. The highest BCUT2D eigenvalue weighted by Crippen LogP contribution is 2.65. The topological polar surface area (TPSA) is 13.1 Å². The van der Waals surface area contributed by atoms with Gasteiger partial charge in [-0.15, -0.1) is 0 Å². The third-order valence-electron chi connectivity index (χ3n) is 12.7. The summed E-state index contributed by atoms with van der Waals surface area (Å²) in [6.07, 6.45) is 5.41. The number of hydrogen-bond acceptors (Lipinski definition) is 1. The Balaban J connectivity index is 1.19. The second kappa shape index (κ2) is 10.2. The number of rotatable bonds is 2. The van der Waals surface area contributed by atoms with Crippen LogP contribution in [0.3, 0.4) is 0 Å². The molecule has 5 unspecified atom stereocenters. The highest BCUT2D eigenvalue weighted by Gasteiger charge is 2.57. The summed E-state index contributed by atoms with van der Waals surface area (Å²) in [4.78, 5) is 0. The van der Waals surface area contributed by atoms with Crippen molar-refractivity contribution < 1.29 is 4.42 Å². The number of benzene rings is 6. The lowest BCUT2D eigenvalue weighted by atomic mass is 9.49. The van der Waals surface area contributed by atoms with E-state index in [0.29, 0.717) is 11.8 Å². The first kappa shape index (κ1) is 28.5. The van der Waals surface area contributed by atoms with Crippen molar-refractivity contribution in [3.63, 3.8) is 0 Å². The van der Waals surface area contributed by atoms with Crippen LogP contribution in [-0.2, 0) is 5.41 Å². The second-order valence-electron chi connectivity index (χ2n) is 15.7. The molecule has 3 aliphatic rings. The van der Waals surface area contributed by atoms with Gasteiger partial charge in [0.25, 0.3) is 0 Å². The van der Waals surface area contributed by atoms with Crippen LogP contribution in [0, 0.1) is 30.6 Å². The standard InChI is InChI=1S/C46H41BO/c1-26-16-29-19-28(3)46(36(17-26)20-29)41-14-11-33(34-12-15-44-39(23-34)38-6-4-5-7-43(38)48-44)24-40(41)45-27(2)18-35(25-42(45)46)31-8-9-32-22-37(47)13-10-30(32)21-31/h4-15,18,21-26,28-29,36H,16-17,19-20,47H2,1-3H3. The molecule has 7 aromatic rings. The minimum Gasteiger partial charge on any atom is -0.456 e. The first-order chi connectivity index (χ1) is 23.4. The van der Waals surface area contributed by atoms with Gasteiger partial charge in [0.15, 0.2) is 0 Å². The highest BCUT2D eigenvalue weighted by atomic mass is 16.3. The molecule has 48 heavy (non-hydrogen) atoms. The maximum absolute atomic E-state index is 6.19. The molecule has 1 spiro atoms. The van der Waals surface area contributed by atoms with Gasteiger partial charge in [-0.1, -0.05) is 92.1 Å². The van der Waals surface area contributed by atoms with Crippen molar-refractivity contribution >= 4 is 46.0 Å². The van der Waals surface area contributed by atoms with Gasteiger partial charge < -0.3 is 4.42 Å². The summed E-state index contributed by atoms with van der Waals surface area (Å²) >= 11 is 0. The third kappa shape index (κ3) is 3.98. The maximum Gasteiger partial charge on any atom is 0.139 e. The van der Waals surface area contributed by atoms with Gasteiger partial charge in [0, 0.05) is 16.2 Å². The quantitative estimate of drug-likeness (QED) is 0.175. The Hall–Kier alpha value is -4.56. The number of hydrogen-bond donors (Lipinski definition) is 0. The highest BCUT2D eigenvalue weighted by molar-refractivity contribution is 6.33. The number of aryl methyl sites for hydroxylation is 1. The molecule has 0 radical (unpaired) electrons. The smallest absolute Gasteiger partial charge is 0.139 e. The fraction of sp³-hybridized carbons (Fsp3) is 0.261. The van der Waals surface area contributed by atoms with Crippen molar-refractivity contribution in [3.05, 3.63) is 126 Å². The zero-order chi connectivity index (χ0) is 32.3. The third-order valence-corrected chi connectivity index (χ3v) is 12.7. The maximum atomic E-state index is 6.19. The zero-order valence-corrected chi connectivity index (χ0v) is 28.4. The Kier molecular flexibility index (Phi) is 6.06.